The van der Waals surface area contributed by atoms with Gasteiger partial charge in [-0.25, -0.2) is 0 Å². The standard InChI is InChI=1S/C15H23N3O/c1-15(8-4-5-9-15)17-13-10-11(16)6-7-12(13)14(19)18(2)3/h6-7,10,17H,4-5,8-9,16H2,1-3H3. The van der Waals surface area contributed by atoms with Gasteiger partial charge in [-0.3, -0.25) is 4.79 Å². The summed E-state index contributed by atoms with van der Waals surface area (Å²) in [6.07, 6.45) is 4.75. The first kappa shape index (κ1) is 13.7. The number of nitrogens with one attached hydrogen (secondary N) is 1. The van der Waals surface area contributed by atoms with E-state index in [9.17, 15) is 4.79 Å². The van der Waals surface area contributed by atoms with E-state index < -0.39 is 0 Å². The van der Waals surface area contributed by atoms with Crippen molar-refractivity contribution in [3.05, 3.63) is 23.8 Å². The summed E-state index contributed by atoms with van der Waals surface area (Å²) < 4.78 is 0. The average molecular weight is 261 g/mol. The van der Waals surface area contributed by atoms with E-state index in [2.05, 4.69) is 12.2 Å². The van der Waals surface area contributed by atoms with Crippen molar-refractivity contribution in [3.8, 4) is 0 Å². The molecule has 19 heavy (non-hydrogen) atoms. The fraction of sp³-hybridized carbons (Fsp3) is 0.533. The molecule has 1 saturated carbocycles. The Morgan fingerprint density at radius 2 is 1.95 bits per heavy atom. The van der Waals surface area contributed by atoms with E-state index >= 15 is 0 Å². The first-order chi connectivity index (χ1) is 8.91. The van der Waals surface area contributed by atoms with Gasteiger partial charge >= 0.3 is 0 Å². The van der Waals surface area contributed by atoms with Gasteiger partial charge in [0.2, 0.25) is 0 Å². The number of hydrogen-bond acceptors (Lipinski definition) is 3. The van der Waals surface area contributed by atoms with E-state index in [1.54, 1.807) is 31.1 Å². The fourth-order valence-electron chi connectivity index (χ4n) is 2.70. The predicted molar refractivity (Wildman–Crippen MR) is 79.4 cm³/mol. The van der Waals surface area contributed by atoms with Gasteiger partial charge in [0.15, 0.2) is 0 Å². The fourth-order valence-corrected chi connectivity index (χ4v) is 2.70. The third-order valence-corrected chi connectivity index (χ3v) is 3.82. The van der Waals surface area contributed by atoms with Crippen molar-refractivity contribution >= 4 is 17.3 Å². The van der Waals surface area contributed by atoms with Crippen LogP contribution >= 0.6 is 0 Å². The lowest BCUT2D eigenvalue weighted by molar-refractivity contribution is 0.0828. The SMILES string of the molecule is CN(C)C(=O)c1ccc(N)cc1NC1(C)CCCC1. The minimum atomic E-state index is 0.00379. The van der Waals surface area contributed by atoms with Gasteiger partial charge in [-0.15, -0.1) is 0 Å². The second-order valence-electron chi connectivity index (χ2n) is 5.90. The molecule has 2 rings (SSSR count). The molecule has 3 N–H and O–H groups in total. The van der Waals surface area contributed by atoms with Gasteiger partial charge in [-0.2, -0.15) is 0 Å². The monoisotopic (exact) mass is 261 g/mol. The molecule has 1 amide bonds. The van der Waals surface area contributed by atoms with Crippen LogP contribution in [-0.2, 0) is 0 Å². The van der Waals surface area contributed by atoms with Crippen molar-refractivity contribution in [3.63, 3.8) is 0 Å². The number of anilines is 2. The van der Waals surface area contributed by atoms with Crippen molar-refractivity contribution in [1.29, 1.82) is 0 Å². The molecule has 4 nitrogen and oxygen atoms in total. The number of nitrogens with zero attached hydrogens (tertiary/aromatic N) is 1. The maximum Gasteiger partial charge on any atom is 0.255 e. The smallest absolute Gasteiger partial charge is 0.255 e. The van der Waals surface area contributed by atoms with E-state index in [0.717, 1.165) is 18.5 Å². The normalized spacial score (nSPS) is 17.2. The van der Waals surface area contributed by atoms with Gasteiger partial charge in [0.1, 0.15) is 0 Å². The van der Waals surface area contributed by atoms with Gasteiger partial charge in [-0.1, -0.05) is 12.8 Å². The molecule has 0 atom stereocenters. The highest BCUT2D eigenvalue weighted by Gasteiger charge is 2.29. The van der Waals surface area contributed by atoms with E-state index in [4.69, 9.17) is 5.73 Å². The van der Waals surface area contributed by atoms with Crippen molar-refractivity contribution in [1.82, 2.24) is 4.90 Å². The third-order valence-electron chi connectivity index (χ3n) is 3.82. The van der Waals surface area contributed by atoms with Crippen LogP contribution < -0.4 is 11.1 Å². The molecule has 0 aromatic heterocycles. The number of rotatable bonds is 3. The third kappa shape index (κ3) is 3.00. The number of hydrogen-bond donors (Lipinski definition) is 2. The first-order valence-electron chi connectivity index (χ1n) is 6.81. The Morgan fingerprint density at radius 3 is 2.53 bits per heavy atom. The summed E-state index contributed by atoms with van der Waals surface area (Å²) in [6, 6.07) is 5.44. The van der Waals surface area contributed by atoms with Crippen LogP contribution in [0, 0.1) is 0 Å². The molecule has 0 radical (unpaired) electrons. The van der Waals surface area contributed by atoms with E-state index in [1.165, 1.54) is 12.8 Å². The number of nitrogen functional groups attached to an aromatic ring is 1. The Bertz CT molecular complexity index is 476. The van der Waals surface area contributed by atoms with E-state index in [-0.39, 0.29) is 11.4 Å². The van der Waals surface area contributed by atoms with Crippen LogP contribution in [0.15, 0.2) is 18.2 Å². The first-order valence-corrected chi connectivity index (χ1v) is 6.81. The van der Waals surface area contributed by atoms with Crippen molar-refractivity contribution in [2.45, 2.75) is 38.1 Å². The van der Waals surface area contributed by atoms with Crippen molar-refractivity contribution in [2.24, 2.45) is 0 Å². The summed E-state index contributed by atoms with van der Waals surface area (Å²) in [5.41, 5.74) is 8.15. The molecule has 1 aromatic carbocycles. The molecule has 4 heteroatoms. The summed E-state index contributed by atoms with van der Waals surface area (Å²) in [4.78, 5) is 13.8. The summed E-state index contributed by atoms with van der Waals surface area (Å²) in [7, 11) is 3.53. The van der Waals surface area contributed by atoms with Crippen molar-refractivity contribution in [2.75, 3.05) is 25.1 Å². The molecule has 1 aromatic rings. The molecule has 1 aliphatic rings. The molecule has 0 spiro atoms. The van der Waals surface area contributed by atoms with E-state index in [0.29, 0.717) is 11.3 Å². The second-order valence-corrected chi connectivity index (χ2v) is 5.90. The lowest BCUT2D eigenvalue weighted by atomic mass is 9.99. The number of carbonyl (C=O) groups is 1. The van der Waals surface area contributed by atoms with E-state index in [1.807, 2.05) is 6.07 Å². The van der Waals surface area contributed by atoms with Gasteiger partial charge in [-0.05, 0) is 38.0 Å². The Morgan fingerprint density at radius 1 is 1.32 bits per heavy atom. The zero-order valence-electron chi connectivity index (χ0n) is 12.0. The highest BCUT2D eigenvalue weighted by Crippen LogP contribution is 2.34. The maximum absolute atomic E-state index is 12.2. The largest absolute Gasteiger partial charge is 0.399 e. The zero-order chi connectivity index (χ0) is 14.0. The molecular formula is C15H23N3O. The molecule has 1 aliphatic carbocycles. The van der Waals surface area contributed by atoms with Crippen LogP contribution in [0.2, 0.25) is 0 Å². The van der Waals surface area contributed by atoms with Gasteiger partial charge in [0.25, 0.3) is 5.91 Å². The van der Waals surface area contributed by atoms with Crippen LogP contribution in [0.25, 0.3) is 0 Å². The minimum Gasteiger partial charge on any atom is -0.399 e. The van der Waals surface area contributed by atoms with Crippen LogP contribution in [0.5, 0.6) is 0 Å². The highest BCUT2D eigenvalue weighted by atomic mass is 16.2. The molecular weight excluding hydrogens is 238 g/mol. The Hall–Kier alpha value is -1.71. The summed E-state index contributed by atoms with van der Waals surface area (Å²) >= 11 is 0. The quantitative estimate of drug-likeness (QED) is 0.822. The van der Waals surface area contributed by atoms with Gasteiger partial charge in [0, 0.05) is 31.0 Å². The Labute approximate surface area is 115 Å². The molecule has 0 saturated heterocycles. The molecule has 0 unspecified atom stereocenters. The molecule has 0 bridgehead atoms. The number of amides is 1. The summed E-state index contributed by atoms with van der Waals surface area (Å²) in [6.45, 7) is 2.22. The highest BCUT2D eigenvalue weighted by molar-refractivity contribution is 6.00. The molecule has 0 heterocycles. The number of benzene rings is 1. The molecule has 104 valence electrons. The Balaban J connectivity index is 2.32. The van der Waals surface area contributed by atoms with Crippen LogP contribution in [0.3, 0.4) is 0 Å². The lowest BCUT2D eigenvalue weighted by Crippen LogP contribution is -2.32. The maximum atomic E-state index is 12.2. The van der Waals surface area contributed by atoms with Crippen LogP contribution in [0.1, 0.15) is 43.0 Å². The lowest BCUT2D eigenvalue weighted by Gasteiger charge is -2.28. The van der Waals surface area contributed by atoms with Crippen LogP contribution in [-0.4, -0.2) is 30.4 Å². The minimum absolute atomic E-state index is 0.00379. The number of nitrogens with two attached hydrogens (primary N) is 1. The van der Waals surface area contributed by atoms with Crippen LogP contribution in [0.4, 0.5) is 11.4 Å². The Kier molecular flexibility index (Phi) is 3.69. The molecule has 0 aliphatic heterocycles. The summed E-state index contributed by atoms with van der Waals surface area (Å²) in [5.74, 6) is 0.00379. The van der Waals surface area contributed by atoms with Crippen molar-refractivity contribution < 1.29 is 4.79 Å². The zero-order valence-corrected chi connectivity index (χ0v) is 12.0. The topological polar surface area (TPSA) is 58.4 Å². The predicted octanol–water partition coefficient (Wildman–Crippen LogP) is 2.72. The summed E-state index contributed by atoms with van der Waals surface area (Å²) in [5, 5.41) is 3.53. The average Bonchev–Trinajstić information content (AvgIpc) is 2.75. The van der Waals surface area contributed by atoms with Gasteiger partial charge < -0.3 is 16.0 Å². The second kappa shape index (κ2) is 5.11. The molecule has 1 fully saturated rings. The number of carbonyl (C=O) groups excluding carboxylic acids is 1. The van der Waals surface area contributed by atoms with Gasteiger partial charge in [0.05, 0.1) is 5.56 Å².